The number of benzene rings is 2. The Kier molecular flexibility index (Phi) is 3.19. The lowest BCUT2D eigenvalue weighted by Crippen LogP contribution is -2.17. The molecule has 0 spiro atoms. The van der Waals surface area contributed by atoms with Crippen molar-refractivity contribution in [1.82, 2.24) is 0 Å². The van der Waals surface area contributed by atoms with Crippen molar-refractivity contribution in [1.29, 1.82) is 0 Å². The summed E-state index contributed by atoms with van der Waals surface area (Å²) >= 11 is 11.6. The zero-order valence-electron chi connectivity index (χ0n) is 10.2. The van der Waals surface area contributed by atoms with Crippen LogP contribution in [-0.4, -0.2) is 16.2 Å². The first-order valence-corrected chi connectivity index (χ1v) is 6.49. The van der Waals surface area contributed by atoms with Crippen molar-refractivity contribution in [3.05, 3.63) is 68.3 Å². The first kappa shape index (κ1) is 14.0. The number of hydrogen-bond acceptors (Lipinski definition) is 2. The molecule has 3 nitrogen and oxygen atoms in total. The molecule has 0 radical (unpaired) electrons. The molecule has 106 valence electrons. The fraction of sp³-hybridized carbons (Fsp3) is 0. The number of Topliss-reactive ketones (excluding diaryl/α,β-unsaturated/α-hetero) is 1. The molecule has 0 unspecified atom stereocenters. The van der Waals surface area contributed by atoms with Gasteiger partial charge < -0.3 is 5.21 Å². The van der Waals surface area contributed by atoms with E-state index in [1.165, 1.54) is 12.1 Å². The Morgan fingerprint density at radius 3 is 2.33 bits per heavy atom. The zero-order valence-corrected chi connectivity index (χ0v) is 11.7. The van der Waals surface area contributed by atoms with Gasteiger partial charge in [-0.25, -0.2) is 8.78 Å². The topological polar surface area (TPSA) is 43.1 Å². The zero-order chi connectivity index (χ0) is 15.3. The van der Waals surface area contributed by atoms with Crippen molar-refractivity contribution in [2.75, 3.05) is 0 Å². The molecular weight excluding hydrogens is 323 g/mol. The van der Waals surface area contributed by atoms with Gasteiger partial charge in [0.25, 0.3) is 11.5 Å². The molecule has 1 heterocycles. The van der Waals surface area contributed by atoms with E-state index in [2.05, 4.69) is 0 Å². The van der Waals surface area contributed by atoms with E-state index in [1.807, 2.05) is 0 Å². The van der Waals surface area contributed by atoms with E-state index in [9.17, 15) is 18.8 Å². The minimum atomic E-state index is -1.15. The van der Waals surface area contributed by atoms with Crippen LogP contribution in [0.4, 0.5) is 14.5 Å². The molecule has 2 aromatic carbocycles. The number of fused-ring (bicyclic) bond motifs is 1. The highest BCUT2D eigenvalue weighted by Crippen LogP contribution is 2.35. The van der Waals surface area contributed by atoms with Crippen LogP contribution in [0, 0.1) is 16.8 Å². The Labute approximate surface area is 127 Å². The number of halogens is 4. The quantitative estimate of drug-likeness (QED) is 0.584. The summed E-state index contributed by atoms with van der Waals surface area (Å²) in [6, 6.07) is 5.34. The summed E-state index contributed by atoms with van der Waals surface area (Å²) in [5.41, 5.74) is -0.229. The van der Waals surface area contributed by atoms with Crippen molar-refractivity contribution in [2.24, 2.45) is 0 Å². The Balaban J connectivity index is 2.21. The van der Waals surface area contributed by atoms with E-state index in [0.29, 0.717) is 4.74 Å². The van der Waals surface area contributed by atoms with Gasteiger partial charge in [0, 0.05) is 6.07 Å². The average molecular weight is 328 g/mol. The van der Waals surface area contributed by atoms with Gasteiger partial charge in [-0.1, -0.05) is 23.2 Å². The first-order chi connectivity index (χ1) is 9.90. The minimum Gasteiger partial charge on any atom is -0.618 e. The lowest BCUT2D eigenvalue weighted by molar-refractivity contribution is -0.355. The van der Waals surface area contributed by atoms with E-state index >= 15 is 0 Å². The Bertz CT molecular complexity index is 834. The highest BCUT2D eigenvalue weighted by Gasteiger charge is 2.37. The smallest absolute Gasteiger partial charge is 0.273 e. The molecule has 2 aromatic rings. The van der Waals surface area contributed by atoms with Gasteiger partial charge in [0.2, 0.25) is 5.69 Å². The second-order valence-electron chi connectivity index (χ2n) is 4.38. The number of rotatable bonds is 1. The van der Waals surface area contributed by atoms with Gasteiger partial charge in [-0.15, -0.1) is 0 Å². The molecule has 1 aliphatic rings. The molecule has 1 aliphatic heterocycles. The van der Waals surface area contributed by atoms with Crippen molar-refractivity contribution < 1.29 is 18.3 Å². The van der Waals surface area contributed by atoms with Crippen LogP contribution in [0.15, 0.2) is 30.3 Å². The summed E-state index contributed by atoms with van der Waals surface area (Å²) in [5.74, 6) is -2.83. The molecule has 0 amide bonds. The molecule has 0 aliphatic carbocycles. The number of carbonyl (C=O) groups is 1. The molecule has 3 rings (SSSR count). The molecule has 0 saturated carbocycles. The van der Waals surface area contributed by atoms with Crippen LogP contribution in [-0.2, 0) is 0 Å². The maximum atomic E-state index is 13.3. The van der Waals surface area contributed by atoms with Gasteiger partial charge in [-0.05, 0) is 24.3 Å². The fourth-order valence-electron chi connectivity index (χ4n) is 2.12. The van der Waals surface area contributed by atoms with Crippen LogP contribution in [0.25, 0.3) is 0 Å². The van der Waals surface area contributed by atoms with Crippen LogP contribution in [0.1, 0.15) is 15.9 Å². The monoisotopic (exact) mass is 327 g/mol. The highest BCUT2D eigenvalue weighted by atomic mass is 35.5. The van der Waals surface area contributed by atoms with Gasteiger partial charge in [-0.3, -0.25) is 4.79 Å². The maximum absolute atomic E-state index is 13.3. The lowest BCUT2D eigenvalue weighted by Gasteiger charge is -2.03. The van der Waals surface area contributed by atoms with Crippen LogP contribution in [0.3, 0.4) is 0 Å². The van der Waals surface area contributed by atoms with Crippen molar-refractivity contribution >= 4 is 40.4 Å². The number of nitrogens with zero attached hydrogens (tertiary/aromatic N) is 1. The van der Waals surface area contributed by atoms with E-state index in [-0.39, 0.29) is 32.6 Å². The molecule has 0 fully saturated rings. The Morgan fingerprint density at radius 2 is 1.67 bits per heavy atom. The molecule has 0 saturated heterocycles. The molecule has 0 atom stereocenters. The predicted molar refractivity (Wildman–Crippen MR) is 74.5 cm³/mol. The Hall–Kier alpha value is -1.98. The van der Waals surface area contributed by atoms with Crippen LogP contribution >= 0.6 is 23.2 Å². The summed E-state index contributed by atoms with van der Waals surface area (Å²) < 4.78 is 26.6. The fourth-order valence-corrected chi connectivity index (χ4v) is 2.44. The molecule has 7 heteroatoms. The van der Waals surface area contributed by atoms with E-state index in [4.69, 9.17) is 23.2 Å². The van der Waals surface area contributed by atoms with Gasteiger partial charge >= 0.3 is 0 Å². The van der Waals surface area contributed by atoms with Crippen LogP contribution < -0.4 is 0 Å². The van der Waals surface area contributed by atoms with E-state index < -0.39 is 17.4 Å². The third-order valence-electron chi connectivity index (χ3n) is 3.11. The standard InChI is InChI=1S/C14H5Cl2F2NO2/c15-8-4-7-12(5-9(8)16)19(21)13(14(7)20)6-1-2-10(17)11(18)3-6/h1-5H. The van der Waals surface area contributed by atoms with Gasteiger partial charge in [0.05, 0.1) is 15.6 Å². The second-order valence-corrected chi connectivity index (χ2v) is 5.20. The highest BCUT2D eigenvalue weighted by molar-refractivity contribution is 6.53. The SMILES string of the molecule is O=C1C(c2ccc(F)c(F)c2)=[N+]([O-])c2cc(Cl)c(Cl)cc21. The van der Waals surface area contributed by atoms with E-state index in [0.717, 1.165) is 18.2 Å². The lowest BCUT2D eigenvalue weighted by atomic mass is 10.0. The summed E-state index contributed by atoms with van der Waals surface area (Å²) in [6.07, 6.45) is 0. The largest absolute Gasteiger partial charge is 0.618 e. The van der Waals surface area contributed by atoms with Crippen LogP contribution in [0.5, 0.6) is 0 Å². The third kappa shape index (κ3) is 2.09. The second kappa shape index (κ2) is 4.79. The van der Waals surface area contributed by atoms with Gasteiger partial charge in [0.1, 0.15) is 5.56 Å². The van der Waals surface area contributed by atoms with E-state index in [1.54, 1.807) is 0 Å². The van der Waals surface area contributed by atoms with Crippen molar-refractivity contribution in [3.63, 3.8) is 0 Å². The van der Waals surface area contributed by atoms with Crippen molar-refractivity contribution in [3.8, 4) is 0 Å². The van der Waals surface area contributed by atoms with Gasteiger partial charge in [0.15, 0.2) is 11.6 Å². The third-order valence-corrected chi connectivity index (χ3v) is 3.84. The molecule has 0 bridgehead atoms. The first-order valence-electron chi connectivity index (χ1n) is 5.73. The predicted octanol–water partition coefficient (Wildman–Crippen LogP) is 4.10. The normalized spacial score (nSPS) is 13.8. The Morgan fingerprint density at radius 1 is 1.00 bits per heavy atom. The number of hydrogen-bond donors (Lipinski definition) is 0. The average Bonchev–Trinajstić information content (AvgIpc) is 2.66. The summed E-state index contributed by atoms with van der Waals surface area (Å²) in [5, 5.41) is 12.5. The summed E-state index contributed by atoms with van der Waals surface area (Å²) in [7, 11) is 0. The van der Waals surface area contributed by atoms with Gasteiger partial charge in [-0.2, -0.15) is 4.74 Å². The number of carbonyl (C=O) groups excluding carboxylic acids is 1. The molecule has 0 aromatic heterocycles. The van der Waals surface area contributed by atoms with Crippen molar-refractivity contribution in [2.45, 2.75) is 0 Å². The molecule has 21 heavy (non-hydrogen) atoms. The number of ketones is 1. The summed E-state index contributed by atoms with van der Waals surface area (Å²) in [4.78, 5) is 12.3. The minimum absolute atomic E-state index is 0.0163. The maximum Gasteiger partial charge on any atom is 0.273 e. The summed E-state index contributed by atoms with van der Waals surface area (Å²) in [6.45, 7) is 0. The van der Waals surface area contributed by atoms with Crippen LogP contribution in [0.2, 0.25) is 10.0 Å². The molecular formula is C14H5Cl2F2NO2. The molecule has 0 N–H and O–H groups in total.